The third-order valence-corrected chi connectivity index (χ3v) is 4.34. The number of hydrogen-bond acceptors (Lipinski definition) is 2. The van der Waals surface area contributed by atoms with Crippen LogP contribution in [0.2, 0.25) is 0 Å². The molecule has 0 aromatic heterocycles. The van der Waals surface area contributed by atoms with Gasteiger partial charge in [0, 0.05) is 5.56 Å². The molecule has 1 aromatic carbocycles. The van der Waals surface area contributed by atoms with Gasteiger partial charge in [-0.05, 0) is 11.5 Å². The van der Waals surface area contributed by atoms with E-state index in [0.29, 0.717) is 11.1 Å². The smallest absolute Gasteiger partial charge is 0.233 e. The minimum Gasteiger partial charge on any atom is -0.319 e. The number of allylic oxidation sites excluding steroid dienone is 2. The molecular formula is C18H19BrFNO2. The molecule has 3 nitrogen and oxygen atoms in total. The van der Waals surface area contributed by atoms with Gasteiger partial charge in [-0.2, -0.15) is 0 Å². The number of nitrogens with one attached hydrogen (secondary N) is 1. The van der Waals surface area contributed by atoms with Gasteiger partial charge in [0.1, 0.15) is 0 Å². The predicted octanol–water partition coefficient (Wildman–Crippen LogP) is 3.81. The first kappa shape index (κ1) is 17.6. The van der Waals surface area contributed by atoms with E-state index in [4.69, 9.17) is 0 Å². The van der Waals surface area contributed by atoms with Gasteiger partial charge in [0.25, 0.3) is 0 Å². The maximum Gasteiger partial charge on any atom is 0.233 e. The summed E-state index contributed by atoms with van der Waals surface area (Å²) in [5.74, 6) is -4.31. The zero-order chi connectivity index (χ0) is 17.0. The van der Waals surface area contributed by atoms with E-state index >= 15 is 4.39 Å². The summed E-state index contributed by atoms with van der Waals surface area (Å²) in [6.45, 7) is 3.67. The van der Waals surface area contributed by atoms with Crippen LogP contribution in [0.25, 0.3) is 0 Å². The number of carbonyl (C=O) groups is 2. The van der Waals surface area contributed by atoms with Crippen molar-refractivity contribution in [3.63, 3.8) is 0 Å². The lowest BCUT2D eigenvalue weighted by Gasteiger charge is -2.37. The third-order valence-electron chi connectivity index (χ3n) is 3.83. The number of halogens is 2. The Hall–Kier alpha value is -1.75. The molecule has 1 aliphatic carbocycles. The van der Waals surface area contributed by atoms with Gasteiger partial charge in [0.05, 0.1) is 11.2 Å². The summed E-state index contributed by atoms with van der Waals surface area (Å²) < 4.78 is 15.8. The molecule has 0 saturated carbocycles. The highest BCUT2D eigenvalue weighted by atomic mass is 79.9. The van der Waals surface area contributed by atoms with Crippen LogP contribution in [-0.2, 0) is 4.79 Å². The summed E-state index contributed by atoms with van der Waals surface area (Å²) in [6, 6.07) is 8.56. The molecule has 0 aliphatic heterocycles. The zero-order valence-electron chi connectivity index (χ0n) is 13.1. The van der Waals surface area contributed by atoms with Crippen LogP contribution < -0.4 is 5.32 Å². The molecule has 0 heterocycles. The molecule has 0 radical (unpaired) electrons. The maximum atomic E-state index is 15.8. The van der Waals surface area contributed by atoms with E-state index in [1.54, 1.807) is 42.5 Å². The van der Waals surface area contributed by atoms with Crippen LogP contribution in [0.1, 0.15) is 24.2 Å². The Labute approximate surface area is 143 Å². The number of benzene rings is 1. The third kappa shape index (κ3) is 3.61. The van der Waals surface area contributed by atoms with Crippen LogP contribution in [0.15, 0.2) is 54.1 Å². The van der Waals surface area contributed by atoms with Gasteiger partial charge in [0.15, 0.2) is 5.78 Å². The van der Waals surface area contributed by atoms with E-state index in [0.717, 1.165) is 0 Å². The normalized spacial score (nSPS) is 23.5. The molecule has 0 bridgehead atoms. The highest BCUT2D eigenvalue weighted by Gasteiger charge is 2.48. The fourth-order valence-corrected chi connectivity index (χ4v) is 2.89. The van der Waals surface area contributed by atoms with Crippen LogP contribution in [0.3, 0.4) is 0 Å². The Morgan fingerprint density at radius 1 is 1.30 bits per heavy atom. The van der Waals surface area contributed by atoms with Gasteiger partial charge in [-0.3, -0.25) is 9.59 Å². The van der Waals surface area contributed by atoms with Crippen molar-refractivity contribution in [1.82, 2.24) is 5.32 Å². The van der Waals surface area contributed by atoms with E-state index in [1.807, 2.05) is 13.8 Å². The molecular weight excluding hydrogens is 361 g/mol. The molecule has 1 aromatic rings. The Bertz CT molecular complexity index is 654. The van der Waals surface area contributed by atoms with Crippen molar-refractivity contribution in [2.45, 2.75) is 19.6 Å². The van der Waals surface area contributed by atoms with E-state index in [-0.39, 0.29) is 17.0 Å². The maximum absolute atomic E-state index is 15.8. The van der Waals surface area contributed by atoms with E-state index in [2.05, 4.69) is 21.2 Å². The van der Waals surface area contributed by atoms with Crippen molar-refractivity contribution >= 4 is 27.6 Å². The van der Waals surface area contributed by atoms with Gasteiger partial charge < -0.3 is 5.32 Å². The standard InChI is InChI=1S/C18H19BrFNO2/c1-12(2)14-9-6-10-15(18(14,20)21-16(22)11-19)17(23)13-7-4-3-5-8-13/h3-10,12,15H,11H2,1-2H3,(H,21,22). The van der Waals surface area contributed by atoms with Crippen molar-refractivity contribution in [1.29, 1.82) is 0 Å². The van der Waals surface area contributed by atoms with Crippen LogP contribution in [-0.4, -0.2) is 22.8 Å². The second-order valence-electron chi connectivity index (χ2n) is 5.76. The summed E-state index contributed by atoms with van der Waals surface area (Å²) in [5.41, 5.74) is 0.811. The van der Waals surface area contributed by atoms with Crippen molar-refractivity contribution in [2.24, 2.45) is 11.8 Å². The molecule has 0 spiro atoms. The molecule has 1 N–H and O–H groups in total. The van der Waals surface area contributed by atoms with Crippen molar-refractivity contribution < 1.29 is 14.0 Å². The number of hydrogen-bond donors (Lipinski definition) is 1. The lowest BCUT2D eigenvalue weighted by molar-refractivity contribution is -0.122. The van der Waals surface area contributed by atoms with Gasteiger partial charge in [0.2, 0.25) is 11.7 Å². The van der Waals surface area contributed by atoms with E-state index < -0.39 is 17.6 Å². The Kier molecular flexibility index (Phi) is 5.52. The average molecular weight is 380 g/mol. The number of amides is 1. The monoisotopic (exact) mass is 379 g/mol. The number of Topliss-reactive ketones (excluding diaryl/α,β-unsaturated/α-hetero) is 1. The predicted molar refractivity (Wildman–Crippen MR) is 92.1 cm³/mol. The Balaban J connectivity index is 2.44. The fraction of sp³-hybridized carbons (Fsp3) is 0.333. The van der Waals surface area contributed by atoms with Crippen LogP contribution in [0, 0.1) is 11.8 Å². The first-order valence-electron chi connectivity index (χ1n) is 7.44. The highest BCUT2D eigenvalue weighted by Crippen LogP contribution is 2.38. The van der Waals surface area contributed by atoms with Crippen LogP contribution in [0.4, 0.5) is 4.39 Å². The highest BCUT2D eigenvalue weighted by molar-refractivity contribution is 9.09. The van der Waals surface area contributed by atoms with Gasteiger partial charge in [-0.25, -0.2) is 4.39 Å². The zero-order valence-corrected chi connectivity index (χ0v) is 14.6. The number of ketones is 1. The average Bonchev–Trinajstić information content (AvgIpc) is 2.54. The SMILES string of the molecule is CC(C)C1=CC=CC(C(=O)c2ccccc2)C1(F)NC(=O)CBr. The van der Waals surface area contributed by atoms with Crippen molar-refractivity contribution in [3.8, 4) is 0 Å². The molecule has 1 aliphatic rings. The largest absolute Gasteiger partial charge is 0.319 e. The molecule has 0 fully saturated rings. The van der Waals surface area contributed by atoms with Crippen LogP contribution in [0.5, 0.6) is 0 Å². The first-order chi connectivity index (χ1) is 10.9. The lowest BCUT2D eigenvalue weighted by atomic mass is 9.77. The summed E-state index contributed by atoms with van der Waals surface area (Å²) >= 11 is 3.02. The molecule has 2 rings (SSSR count). The summed E-state index contributed by atoms with van der Waals surface area (Å²) in [6.07, 6.45) is 4.82. The van der Waals surface area contributed by atoms with Gasteiger partial charge >= 0.3 is 0 Å². The Morgan fingerprint density at radius 3 is 2.52 bits per heavy atom. The minimum absolute atomic E-state index is 0.0278. The van der Waals surface area contributed by atoms with Gasteiger partial charge in [-0.1, -0.05) is 78.3 Å². The molecule has 2 atom stereocenters. The summed E-state index contributed by atoms with van der Waals surface area (Å²) in [7, 11) is 0. The summed E-state index contributed by atoms with van der Waals surface area (Å²) in [4.78, 5) is 24.6. The van der Waals surface area contributed by atoms with Gasteiger partial charge in [-0.15, -0.1) is 0 Å². The second kappa shape index (κ2) is 7.21. The Morgan fingerprint density at radius 2 is 1.96 bits per heavy atom. The van der Waals surface area contributed by atoms with Crippen molar-refractivity contribution in [3.05, 3.63) is 59.7 Å². The van der Waals surface area contributed by atoms with E-state index in [9.17, 15) is 9.59 Å². The molecule has 23 heavy (non-hydrogen) atoms. The number of carbonyl (C=O) groups excluding carboxylic acids is 2. The molecule has 2 unspecified atom stereocenters. The first-order valence-corrected chi connectivity index (χ1v) is 8.56. The molecule has 122 valence electrons. The molecule has 0 saturated heterocycles. The topological polar surface area (TPSA) is 46.2 Å². The molecule has 1 amide bonds. The van der Waals surface area contributed by atoms with E-state index in [1.165, 1.54) is 6.08 Å². The second-order valence-corrected chi connectivity index (χ2v) is 6.32. The number of alkyl halides is 2. The summed E-state index contributed by atoms with van der Waals surface area (Å²) in [5, 5.41) is 2.36. The minimum atomic E-state index is -2.22. The lowest BCUT2D eigenvalue weighted by Crippen LogP contribution is -2.55. The fourth-order valence-electron chi connectivity index (χ4n) is 2.75. The number of rotatable bonds is 5. The quantitative estimate of drug-likeness (QED) is 0.480. The molecule has 5 heteroatoms. The van der Waals surface area contributed by atoms with Crippen molar-refractivity contribution in [2.75, 3.05) is 5.33 Å². The van der Waals surface area contributed by atoms with Crippen LogP contribution >= 0.6 is 15.9 Å².